The van der Waals surface area contributed by atoms with Gasteiger partial charge in [-0.05, 0) is 60.5 Å². The number of nitrogens with one attached hydrogen (secondary N) is 2. The fraction of sp³-hybridized carbons (Fsp3) is 0.174. The Morgan fingerprint density at radius 1 is 0.857 bits per heavy atom. The van der Waals surface area contributed by atoms with Crippen LogP contribution >= 0.6 is 0 Å². The topological polar surface area (TPSA) is 109 Å². The predicted molar refractivity (Wildman–Crippen MR) is 126 cm³/mol. The molecule has 0 aliphatic heterocycles. The van der Waals surface area contributed by atoms with E-state index in [0.717, 1.165) is 24.5 Å². The maximum absolute atomic E-state index is 13.0. The van der Waals surface area contributed by atoms with E-state index in [2.05, 4.69) is 10.6 Å². The third kappa shape index (κ3) is 6.83. The fourth-order valence-electron chi connectivity index (χ4n) is 3.21. The van der Waals surface area contributed by atoms with Gasteiger partial charge in [-0.25, -0.2) is 21.6 Å². The van der Waals surface area contributed by atoms with Crippen LogP contribution in [0.4, 0.5) is 29.3 Å². The van der Waals surface area contributed by atoms with E-state index in [-0.39, 0.29) is 21.2 Å². The molecule has 186 valence electrons. The minimum Gasteiger partial charge on any atom is -0.308 e. The predicted octanol–water partition coefficient (Wildman–Crippen LogP) is 5.04. The van der Waals surface area contributed by atoms with E-state index in [1.54, 1.807) is 6.92 Å². The van der Waals surface area contributed by atoms with Crippen molar-refractivity contribution in [2.45, 2.75) is 28.6 Å². The van der Waals surface area contributed by atoms with E-state index in [1.807, 2.05) is 0 Å². The lowest BCUT2D eigenvalue weighted by Crippen LogP contribution is -2.20. The van der Waals surface area contributed by atoms with Crippen molar-refractivity contribution in [2.24, 2.45) is 0 Å². The second-order valence-corrected chi connectivity index (χ2v) is 11.8. The molecule has 0 bridgehead atoms. The molecule has 0 spiro atoms. The molecule has 7 nitrogen and oxygen atoms in total. The molecule has 0 atom stereocenters. The molecule has 2 N–H and O–H groups in total. The number of rotatable bonds is 6. The Bertz CT molecular complexity index is 1470. The summed E-state index contributed by atoms with van der Waals surface area (Å²) in [6.07, 6.45) is -3.52. The van der Waals surface area contributed by atoms with Crippen LogP contribution in [0.15, 0.2) is 76.5 Å². The molecule has 3 aromatic carbocycles. The molecule has 0 saturated heterocycles. The highest BCUT2D eigenvalue weighted by molar-refractivity contribution is 7.91. The lowest BCUT2D eigenvalue weighted by Gasteiger charge is -2.13. The first-order chi connectivity index (χ1) is 16.1. The Labute approximate surface area is 200 Å². The van der Waals surface area contributed by atoms with E-state index in [0.29, 0.717) is 11.1 Å². The van der Waals surface area contributed by atoms with E-state index >= 15 is 0 Å². The SMILES string of the molecule is Cc1ccc(NC(=O)Nc2cccc(C(F)(F)F)c2)cc1S(=O)(=O)Cc1ccc(S(C)(=O)=O)cc1. The molecule has 3 aromatic rings. The zero-order chi connectivity index (χ0) is 26.0. The van der Waals surface area contributed by atoms with Crippen LogP contribution in [0.3, 0.4) is 0 Å². The molecule has 35 heavy (non-hydrogen) atoms. The Morgan fingerprint density at radius 2 is 1.46 bits per heavy atom. The number of anilines is 2. The zero-order valence-corrected chi connectivity index (χ0v) is 20.2. The minimum absolute atomic E-state index is 0.0541. The second-order valence-electron chi connectivity index (χ2n) is 7.81. The quantitative estimate of drug-likeness (QED) is 0.468. The monoisotopic (exact) mass is 526 g/mol. The van der Waals surface area contributed by atoms with Crippen LogP contribution in [0.1, 0.15) is 16.7 Å². The van der Waals surface area contributed by atoms with Crippen molar-refractivity contribution in [3.8, 4) is 0 Å². The van der Waals surface area contributed by atoms with Crippen molar-refractivity contribution in [3.63, 3.8) is 0 Å². The fourth-order valence-corrected chi connectivity index (χ4v) is 5.49. The van der Waals surface area contributed by atoms with Crippen molar-refractivity contribution in [1.82, 2.24) is 0 Å². The van der Waals surface area contributed by atoms with Gasteiger partial charge >= 0.3 is 12.2 Å². The third-order valence-electron chi connectivity index (χ3n) is 4.94. The van der Waals surface area contributed by atoms with Gasteiger partial charge in [0.15, 0.2) is 19.7 Å². The summed E-state index contributed by atoms with van der Waals surface area (Å²) in [4.78, 5) is 12.3. The van der Waals surface area contributed by atoms with Gasteiger partial charge in [-0.2, -0.15) is 13.2 Å². The molecular weight excluding hydrogens is 505 g/mol. The standard InChI is InChI=1S/C23H21F3N2O5S2/c1-15-6-9-19(28-22(29)27-18-5-3-4-17(12-18)23(24,25)26)13-21(15)35(32,33)14-16-7-10-20(11-8-16)34(2,30)31/h3-13H,14H2,1-2H3,(H2,27,28,29). The first-order valence-corrected chi connectivity index (χ1v) is 13.6. The van der Waals surface area contributed by atoms with Crippen LogP contribution in [0.5, 0.6) is 0 Å². The highest BCUT2D eigenvalue weighted by Crippen LogP contribution is 2.31. The molecule has 0 radical (unpaired) electrons. The van der Waals surface area contributed by atoms with Gasteiger partial charge in [0.05, 0.1) is 21.1 Å². The number of carbonyl (C=O) groups is 1. The van der Waals surface area contributed by atoms with Gasteiger partial charge in [0.1, 0.15) is 0 Å². The van der Waals surface area contributed by atoms with Crippen molar-refractivity contribution in [2.75, 3.05) is 16.9 Å². The van der Waals surface area contributed by atoms with Gasteiger partial charge in [0.2, 0.25) is 0 Å². The average Bonchev–Trinajstić information content (AvgIpc) is 2.74. The van der Waals surface area contributed by atoms with Crippen molar-refractivity contribution in [3.05, 3.63) is 83.4 Å². The maximum Gasteiger partial charge on any atom is 0.416 e. The molecule has 2 amide bonds. The number of hydrogen-bond acceptors (Lipinski definition) is 5. The summed E-state index contributed by atoms with van der Waals surface area (Å²) in [5, 5.41) is 4.70. The molecule has 0 saturated carbocycles. The van der Waals surface area contributed by atoms with Crippen LogP contribution in [0.2, 0.25) is 0 Å². The normalized spacial score (nSPS) is 12.3. The summed E-state index contributed by atoms with van der Waals surface area (Å²) in [5.41, 5.74) is -0.108. The van der Waals surface area contributed by atoms with Gasteiger partial charge < -0.3 is 10.6 Å². The smallest absolute Gasteiger partial charge is 0.308 e. The summed E-state index contributed by atoms with van der Waals surface area (Å²) in [6.45, 7) is 1.58. The van der Waals surface area contributed by atoms with Gasteiger partial charge in [0, 0.05) is 17.6 Å². The first-order valence-electron chi connectivity index (χ1n) is 10.0. The number of aryl methyl sites for hydroxylation is 1. The van der Waals surface area contributed by atoms with Gasteiger partial charge in [-0.1, -0.05) is 24.3 Å². The summed E-state index contributed by atoms with van der Waals surface area (Å²) in [5.74, 6) is -0.405. The highest BCUT2D eigenvalue weighted by Gasteiger charge is 2.30. The van der Waals surface area contributed by atoms with E-state index in [1.165, 1.54) is 48.5 Å². The van der Waals surface area contributed by atoms with Crippen LogP contribution in [0, 0.1) is 6.92 Å². The molecule has 0 heterocycles. The third-order valence-corrected chi connectivity index (χ3v) is 7.89. The molecule has 0 aromatic heterocycles. The molecule has 3 rings (SSSR count). The molecule has 12 heteroatoms. The number of carbonyl (C=O) groups excluding carboxylic acids is 1. The van der Waals surface area contributed by atoms with Crippen LogP contribution in [0.25, 0.3) is 0 Å². The molecule has 0 aliphatic rings. The molecule has 0 fully saturated rings. The number of amides is 2. The number of halogens is 3. The molecule has 0 aliphatic carbocycles. The summed E-state index contributed by atoms with van der Waals surface area (Å²) in [7, 11) is -7.30. The number of sulfone groups is 2. The maximum atomic E-state index is 13.0. The second kappa shape index (κ2) is 9.70. The highest BCUT2D eigenvalue weighted by atomic mass is 32.2. The Morgan fingerprint density at radius 3 is 2.03 bits per heavy atom. The van der Waals surface area contributed by atoms with E-state index in [4.69, 9.17) is 0 Å². The Kier molecular flexibility index (Phi) is 7.27. The van der Waals surface area contributed by atoms with Crippen LogP contribution in [-0.4, -0.2) is 29.1 Å². The van der Waals surface area contributed by atoms with Crippen molar-refractivity contribution < 1.29 is 34.8 Å². The largest absolute Gasteiger partial charge is 0.416 e. The van der Waals surface area contributed by atoms with Crippen molar-refractivity contribution in [1.29, 1.82) is 0 Å². The van der Waals surface area contributed by atoms with Crippen molar-refractivity contribution >= 4 is 37.1 Å². The van der Waals surface area contributed by atoms with E-state index in [9.17, 15) is 34.8 Å². The molecular formula is C23H21F3N2O5S2. The van der Waals surface area contributed by atoms with Gasteiger partial charge in [0.25, 0.3) is 0 Å². The lowest BCUT2D eigenvalue weighted by molar-refractivity contribution is -0.137. The summed E-state index contributed by atoms with van der Waals surface area (Å²) in [6, 6.07) is 12.9. The average molecular weight is 527 g/mol. The lowest BCUT2D eigenvalue weighted by atomic mass is 10.2. The summed E-state index contributed by atoms with van der Waals surface area (Å²) >= 11 is 0. The number of alkyl halides is 3. The first kappa shape index (κ1) is 26.2. The number of hydrogen-bond donors (Lipinski definition) is 2. The molecule has 0 unspecified atom stereocenters. The van der Waals surface area contributed by atoms with Crippen LogP contribution in [-0.2, 0) is 31.6 Å². The summed E-state index contributed by atoms with van der Waals surface area (Å²) < 4.78 is 87.8. The van der Waals surface area contributed by atoms with Gasteiger partial charge in [-0.3, -0.25) is 0 Å². The van der Waals surface area contributed by atoms with Crippen LogP contribution < -0.4 is 10.6 Å². The zero-order valence-electron chi connectivity index (χ0n) is 18.5. The van der Waals surface area contributed by atoms with E-state index < -0.39 is 43.2 Å². The number of urea groups is 1. The Balaban J connectivity index is 1.77. The Hall–Kier alpha value is -3.38. The number of benzene rings is 3. The van der Waals surface area contributed by atoms with Gasteiger partial charge in [-0.15, -0.1) is 0 Å². The minimum atomic E-state index is -4.57.